The standard InChI is InChI=1S/C37H37F2N10O/c1-4-45(2)27-21-47(22-27)37-35-36(49(46(3)44-35)26-14-17-48(25(18-26)13-16-40)30(50)12-7-15-38)29-20-42-33(32(39)34(29)43-37)28-11-6-9-23-8-5-10-24(19-41)31(23)28/h5-12,20,25,27,44H,4,13-15,17-18,21-22H2,1-3H3/q+1/b12-7+,49-26-/t25-/m1/s1. The third kappa shape index (κ3) is 5.44. The first-order chi connectivity index (χ1) is 24.3. The molecule has 254 valence electrons. The predicted octanol–water partition coefficient (Wildman–Crippen LogP) is 5.30. The maximum atomic E-state index is 17.1. The third-order valence-corrected chi connectivity index (χ3v) is 10.1. The number of nitrogens with zero attached hydrogens (tertiary/aromatic N) is 9. The lowest BCUT2D eigenvalue weighted by atomic mass is 9.96. The number of hydrogen-bond acceptors (Lipinski definition) is 9. The van der Waals surface area contributed by atoms with Gasteiger partial charge in [0.15, 0.2) is 23.0 Å². The van der Waals surface area contributed by atoms with Crippen LogP contribution in [0.5, 0.6) is 0 Å². The molecule has 2 fully saturated rings. The number of anilines is 2. The second kappa shape index (κ2) is 13.3. The highest BCUT2D eigenvalue weighted by Crippen LogP contribution is 2.47. The quantitative estimate of drug-likeness (QED) is 0.206. The van der Waals surface area contributed by atoms with Crippen molar-refractivity contribution in [2.45, 2.75) is 38.3 Å². The Kier molecular flexibility index (Phi) is 8.76. The zero-order valence-corrected chi connectivity index (χ0v) is 28.2. The summed E-state index contributed by atoms with van der Waals surface area (Å²) in [6, 6.07) is 15.3. The Morgan fingerprint density at radius 2 is 2.00 bits per heavy atom. The number of nitriles is 2. The van der Waals surface area contributed by atoms with Gasteiger partial charge in [0.25, 0.3) is 5.69 Å². The van der Waals surface area contributed by atoms with E-state index in [9.17, 15) is 19.7 Å². The van der Waals surface area contributed by atoms with E-state index in [1.54, 1.807) is 29.3 Å². The number of aromatic nitrogens is 2. The fraction of sp³-hybridized carbons (Fsp3) is 0.351. The number of hydrazone groups is 1. The Morgan fingerprint density at radius 1 is 1.22 bits per heavy atom. The first-order valence-corrected chi connectivity index (χ1v) is 16.7. The van der Waals surface area contributed by atoms with Gasteiger partial charge >= 0.3 is 0 Å². The van der Waals surface area contributed by atoms with Gasteiger partial charge in [0.2, 0.25) is 5.91 Å². The molecule has 2 aromatic carbocycles. The van der Waals surface area contributed by atoms with Crippen molar-refractivity contribution >= 4 is 50.5 Å². The highest BCUT2D eigenvalue weighted by Gasteiger charge is 2.44. The average molecular weight is 676 g/mol. The Labute approximate surface area is 288 Å². The van der Waals surface area contributed by atoms with Crippen LogP contribution in [0.1, 0.15) is 31.7 Å². The Balaban J connectivity index is 1.41. The number of halogens is 2. The Morgan fingerprint density at radius 3 is 2.72 bits per heavy atom. The zero-order valence-electron chi connectivity index (χ0n) is 28.2. The number of likely N-dealkylation sites (N-methyl/N-ethyl adjacent to an activating group) is 1. The van der Waals surface area contributed by atoms with E-state index in [-0.39, 0.29) is 23.5 Å². The zero-order chi connectivity index (χ0) is 35.1. The van der Waals surface area contributed by atoms with Crippen LogP contribution in [0, 0.1) is 28.5 Å². The molecule has 0 spiro atoms. The van der Waals surface area contributed by atoms with Crippen molar-refractivity contribution in [2.75, 3.05) is 57.3 Å². The molecule has 2 aromatic heterocycles. The van der Waals surface area contributed by atoms with E-state index in [1.165, 1.54) is 12.2 Å². The molecule has 1 N–H and O–H groups in total. The Bertz CT molecular complexity index is 2160. The van der Waals surface area contributed by atoms with E-state index >= 15 is 4.39 Å². The van der Waals surface area contributed by atoms with Crippen LogP contribution in [0.3, 0.4) is 0 Å². The SMILES string of the molecule is CCN(C)C1CN(c2nc3c(F)c(-c4cccc5cccc(C#N)c45)ncc3c3c2NN(C)/[N+]3=C2/CCN(C(=O)/C=C/CF)[C@H](CC#N)C2)C1. The summed E-state index contributed by atoms with van der Waals surface area (Å²) in [5, 5.41) is 23.3. The highest BCUT2D eigenvalue weighted by atomic mass is 19.1. The Hall–Kier alpha value is -5.66. The topological polar surface area (TPSA) is 118 Å². The summed E-state index contributed by atoms with van der Waals surface area (Å²) in [5.74, 6) is -0.299. The van der Waals surface area contributed by atoms with Crippen LogP contribution in [0.4, 0.5) is 26.0 Å². The fourth-order valence-electron chi connectivity index (χ4n) is 7.36. The maximum Gasteiger partial charge on any atom is 0.277 e. The molecule has 13 heteroatoms. The molecule has 0 aliphatic carbocycles. The molecule has 0 bridgehead atoms. The minimum atomic E-state index is -0.747. The van der Waals surface area contributed by atoms with Crippen LogP contribution in [0.25, 0.3) is 32.9 Å². The lowest BCUT2D eigenvalue weighted by Gasteiger charge is -2.44. The molecule has 0 radical (unpaired) electrons. The molecule has 1 amide bonds. The molecular weight excluding hydrogens is 638 g/mol. The number of pyridine rings is 2. The molecule has 3 aliphatic rings. The van der Waals surface area contributed by atoms with Gasteiger partial charge in [-0.2, -0.15) is 10.5 Å². The fourth-order valence-corrected chi connectivity index (χ4v) is 7.36. The number of carbonyl (C=O) groups excluding carboxylic acids is 1. The van der Waals surface area contributed by atoms with E-state index in [0.29, 0.717) is 58.8 Å². The third-order valence-electron chi connectivity index (χ3n) is 10.1. The smallest absolute Gasteiger partial charge is 0.277 e. The van der Waals surface area contributed by atoms with Crippen molar-refractivity contribution < 1.29 is 18.3 Å². The van der Waals surface area contributed by atoms with Crippen molar-refractivity contribution in [1.29, 1.82) is 10.5 Å². The lowest BCUT2D eigenvalue weighted by Crippen LogP contribution is -2.58. The number of hydrazine groups is 2. The molecule has 50 heavy (non-hydrogen) atoms. The molecule has 5 heterocycles. The summed E-state index contributed by atoms with van der Waals surface area (Å²) in [6.07, 6.45) is 5.01. The number of amides is 1. The molecule has 2 saturated heterocycles. The van der Waals surface area contributed by atoms with Crippen LogP contribution in [0.15, 0.2) is 54.7 Å². The first kappa shape index (κ1) is 32.9. The summed E-state index contributed by atoms with van der Waals surface area (Å²) in [6.45, 7) is 4.05. The minimum absolute atomic E-state index is 0.105. The van der Waals surface area contributed by atoms with Crippen molar-refractivity contribution in [1.82, 2.24) is 24.9 Å². The number of benzene rings is 2. The van der Waals surface area contributed by atoms with E-state index in [0.717, 1.165) is 36.4 Å². The number of likely N-dealkylation sites (tertiary alicyclic amines) is 1. The molecule has 1 atom stereocenters. The van der Waals surface area contributed by atoms with Gasteiger partial charge in [0, 0.05) is 55.3 Å². The van der Waals surface area contributed by atoms with Crippen LogP contribution in [-0.4, -0.2) is 100 Å². The molecule has 11 nitrogen and oxygen atoms in total. The van der Waals surface area contributed by atoms with Crippen molar-refractivity contribution in [3.63, 3.8) is 0 Å². The number of hydrogen-bond donors (Lipinski definition) is 1. The monoisotopic (exact) mass is 675 g/mol. The number of rotatable bonds is 7. The van der Waals surface area contributed by atoms with E-state index < -0.39 is 18.5 Å². The van der Waals surface area contributed by atoms with E-state index in [4.69, 9.17) is 4.98 Å². The molecule has 0 unspecified atom stereocenters. The lowest BCUT2D eigenvalue weighted by molar-refractivity contribution is -0.600. The van der Waals surface area contributed by atoms with Crippen molar-refractivity contribution in [3.05, 3.63) is 66.1 Å². The summed E-state index contributed by atoms with van der Waals surface area (Å²) in [5.41, 5.74) is 7.01. The molecule has 0 saturated carbocycles. The van der Waals surface area contributed by atoms with Crippen LogP contribution >= 0.6 is 0 Å². The van der Waals surface area contributed by atoms with Gasteiger partial charge in [0.05, 0.1) is 49.0 Å². The largest absolute Gasteiger partial charge is 0.351 e. The molecular formula is C37H37F2N10O+. The second-order valence-corrected chi connectivity index (χ2v) is 12.9. The number of carbonyl (C=O) groups is 1. The number of nitrogens with one attached hydrogen (secondary N) is 1. The van der Waals surface area contributed by atoms with E-state index in [1.807, 2.05) is 35.0 Å². The van der Waals surface area contributed by atoms with E-state index in [2.05, 4.69) is 46.3 Å². The summed E-state index contributed by atoms with van der Waals surface area (Å²) in [7, 11) is 3.95. The minimum Gasteiger partial charge on any atom is -0.351 e. The summed E-state index contributed by atoms with van der Waals surface area (Å²) in [4.78, 5) is 28.6. The number of piperidine rings is 1. The predicted molar refractivity (Wildman–Crippen MR) is 188 cm³/mol. The molecule has 4 aromatic rings. The summed E-state index contributed by atoms with van der Waals surface area (Å²) >= 11 is 0. The van der Waals surface area contributed by atoms with Gasteiger partial charge in [-0.15, -0.1) is 0 Å². The maximum absolute atomic E-state index is 17.1. The number of allylic oxidation sites excluding steroid dienone is 1. The summed E-state index contributed by atoms with van der Waals surface area (Å²) < 4.78 is 31.9. The van der Waals surface area contributed by atoms with Gasteiger partial charge in [-0.05, 0) is 31.1 Å². The van der Waals surface area contributed by atoms with Crippen molar-refractivity contribution in [2.24, 2.45) is 0 Å². The van der Waals surface area contributed by atoms with Crippen LogP contribution in [-0.2, 0) is 4.79 Å². The average Bonchev–Trinajstić information content (AvgIpc) is 3.46. The van der Waals surface area contributed by atoms with Gasteiger partial charge in [0.1, 0.15) is 17.9 Å². The van der Waals surface area contributed by atoms with Gasteiger partial charge in [-0.3, -0.25) is 9.78 Å². The normalized spacial score (nSPS) is 19.2. The molecule has 3 aliphatic heterocycles. The van der Waals surface area contributed by atoms with Crippen molar-refractivity contribution in [3.8, 4) is 23.4 Å². The van der Waals surface area contributed by atoms with Crippen LogP contribution < -0.4 is 10.3 Å². The van der Waals surface area contributed by atoms with Gasteiger partial charge in [-0.1, -0.05) is 47.1 Å². The van der Waals surface area contributed by atoms with Crippen LogP contribution in [0.2, 0.25) is 0 Å². The van der Waals surface area contributed by atoms with Gasteiger partial charge < -0.3 is 14.7 Å². The molecule has 7 rings (SSSR count). The highest BCUT2D eigenvalue weighted by molar-refractivity contribution is 6.04. The first-order valence-electron chi connectivity index (χ1n) is 16.7. The van der Waals surface area contributed by atoms with Gasteiger partial charge in [-0.25, -0.2) is 19.2 Å². The second-order valence-electron chi connectivity index (χ2n) is 12.9. The number of fused-ring (bicyclic) bond motifs is 4. The number of alkyl halides is 1.